The normalized spacial score (nSPS) is 12.7. The van der Waals surface area contributed by atoms with Gasteiger partial charge in [0.15, 0.2) is 0 Å². The van der Waals surface area contributed by atoms with Crippen LogP contribution in [0.4, 0.5) is 5.69 Å². The highest BCUT2D eigenvalue weighted by molar-refractivity contribution is 7.92. The van der Waals surface area contributed by atoms with Gasteiger partial charge in [-0.1, -0.05) is 44.2 Å². The van der Waals surface area contributed by atoms with E-state index in [1.165, 1.54) is 4.31 Å². The van der Waals surface area contributed by atoms with Crippen molar-refractivity contribution in [3.8, 4) is 0 Å². The van der Waals surface area contributed by atoms with E-state index in [1.807, 2.05) is 40.7 Å². The van der Waals surface area contributed by atoms with E-state index in [1.54, 1.807) is 42.5 Å². The van der Waals surface area contributed by atoms with Gasteiger partial charge in [0.05, 0.1) is 10.6 Å². The number of rotatable bonds is 7. The summed E-state index contributed by atoms with van der Waals surface area (Å²) in [5.41, 5.74) is 2.32. The zero-order valence-electron chi connectivity index (χ0n) is 16.6. The molecule has 1 amide bonds. The maximum Gasteiger partial charge on any atom is 0.264 e. The maximum absolute atomic E-state index is 13.3. The van der Waals surface area contributed by atoms with Gasteiger partial charge in [-0.25, -0.2) is 8.42 Å². The van der Waals surface area contributed by atoms with Crippen molar-refractivity contribution in [1.29, 1.82) is 0 Å². The molecule has 0 unspecified atom stereocenters. The van der Waals surface area contributed by atoms with Gasteiger partial charge < -0.3 is 5.32 Å². The Bertz CT molecular complexity index is 893. The summed E-state index contributed by atoms with van der Waals surface area (Å²) in [6.45, 7) is 9.46. The smallest absolute Gasteiger partial charge is 0.264 e. The number of nitrogens with one attached hydrogen (secondary N) is 1. The molecule has 146 valence electrons. The van der Waals surface area contributed by atoms with Crippen LogP contribution in [0.1, 0.15) is 31.9 Å². The summed E-state index contributed by atoms with van der Waals surface area (Å²) >= 11 is 0. The summed E-state index contributed by atoms with van der Waals surface area (Å²) in [7, 11) is -3.87. The first kappa shape index (κ1) is 21.0. The van der Waals surface area contributed by atoms with Gasteiger partial charge in [-0.05, 0) is 56.0 Å². The standard InChI is InChI=1S/C21H28N2O3S/c1-15(2)18(5)22-21(24)14-23(20-13-9-10-16(3)17(20)4)27(25,26)19-11-7-6-8-12-19/h6-13,15,18H,14H2,1-5H3,(H,22,24)/t18-/m1/s1. The van der Waals surface area contributed by atoms with Crippen molar-refractivity contribution >= 4 is 21.6 Å². The van der Waals surface area contributed by atoms with Crippen molar-refractivity contribution in [3.05, 3.63) is 59.7 Å². The van der Waals surface area contributed by atoms with Crippen LogP contribution < -0.4 is 9.62 Å². The highest BCUT2D eigenvalue weighted by Crippen LogP contribution is 2.28. The molecule has 0 saturated heterocycles. The summed E-state index contributed by atoms with van der Waals surface area (Å²) < 4.78 is 27.8. The first-order valence-corrected chi connectivity index (χ1v) is 10.5. The third-order valence-electron chi connectivity index (χ3n) is 4.85. The molecule has 1 atom stereocenters. The minimum Gasteiger partial charge on any atom is -0.352 e. The first-order valence-electron chi connectivity index (χ1n) is 9.08. The molecule has 0 spiro atoms. The van der Waals surface area contributed by atoms with Gasteiger partial charge in [0, 0.05) is 6.04 Å². The number of benzene rings is 2. The third kappa shape index (κ3) is 4.89. The predicted molar refractivity (Wildman–Crippen MR) is 109 cm³/mol. The van der Waals surface area contributed by atoms with Crippen molar-refractivity contribution in [2.75, 3.05) is 10.8 Å². The fourth-order valence-corrected chi connectivity index (χ4v) is 4.12. The number of aryl methyl sites for hydroxylation is 1. The van der Waals surface area contributed by atoms with E-state index in [0.29, 0.717) is 5.69 Å². The van der Waals surface area contributed by atoms with E-state index < -0.39 is 10.0 Å². The minimum atomic E-state index is -3.87. The predicted octanol–water partition coefficient (Wildman–Crippen LogP) is 3.66. The monoisotopic (exact) mass is 388 g/mol. The zero-order valence-corrected chi connectivity index (χ0v) is 17.4. The van der Waals surface area contributed by atoms with Crippen LogP contribution in [0.15, 0.2) is 53.4 Å². The summed E-state index contributed by atoms with van der Waals surface area (Å²) in [6, 6.07) is 13.6. The largest absolute Gasteiger partial charge is 0.352 e. The van der Waals surface area contributed by atoms with Gasteiger partial charge in [0.1, 0.15) is 6.54 Å². The summed E-state index contributed by atoms with van der Waals surface area (Å²) in [4.78, 5) is 12.8. The van der Waals surface area contributed by atoms with E-state index >= 15 is 0 Å². The lowest BCUT2D eigenvalue weighted by Crippen LogP contribution is -2.45. The molecule has 2 rings (SSSR count). The average Bonchev–Trinajstić information content (AvgIpc) is 2.63. The van der Waals surface area contributed by atoms with Gasteiger partial charge in [0.25, 0.3) is 10.0 Å². The molecule has 1 N–H and O–H groups in total. The highest BCUT2D eigenvalue weighted by atomic mass is 32.2. The van der Waals surface area contributed by atoms with Crippen LogP contribution in [-0.2, 0) is 14.8 Å². The number of carbonyl (C=O) groups is 1. The molecule has 0 bridgehead atoms. The lowest BCUT2D eigenvalue weighted by Gasteiger charge is -2.27. The van der Waals surface area contributed by atoms with Gasteiger partial charge in [-0.2, -0.15) is 0 Å². The number of nitrogens with zero attached hydrogens (tertiary/aromatic N) is 1. The summed E-state index contributed by atoms with van der Waals surface area (Å²) in [6.07, 6.45) is 0. The molecule has 0 fully saturated rings. The number of anilines is 1. The molecule has 2 aromatic rings. The number of sulfonamides is 1. The number of carbonyl (C=O) groups excluding carboxylic acids is 1. The Morgan fingerprint density at radius 1 is 1.00 bits per heavy atom. The van der Waals surface area contributed by atoms with Crippen molar-refractivity contribution in [2.45, 2.75) is 45.6 Å². The molecule has 0 saturated carbocycles. The van der Waals surface area contributed by atoms with Crippen LogP contribution in [0.5, 0.6) is 0 Å². The second-order valence-electron chi connectivity index (χ2n) is 7.14. The summed E-state index contributed by atoms with van der Waals surface area (Å²) in [5.74, 6) is -0.0644. The topological polar surface area (TPSA) is 66.5 Å². The Morgan fingerprint density at radius 2 is 1.63 bits per heavy atom. The lowest BCUT2D eigenvalue weighted by atomic mass is 10.1. The van der Waals surface area contributed by atoms with Gasteiger partial charge in [-0.3, -0.25) is 9.10 Å². The first-order chi connectivity index (χ1) is 12.6. The van der Waals surface area contributed by atoms with Crippen LogP contribution in [0.2, 0.25) is 0 Å². The molecule has 0 aliphatic carbocycles. The van der Waals surface area contributed by atoms with Gasteiger partial charge in [-0.15, -0.1) is 0 Å². The average molecular weight is 389 g/mol. The second kappa shape index (κ2) is 8.57. The molecule has 6 heteroatoms. The SMILES string of the molecule is Cc1cccc(N(CC(=O)N[C@H](C)C(C)C)S(=O)(=O)c2ccccc2)c1C. The van der Waals surface area contributed by atoms with Crippen LogP contribution >= 0.6 is 0 Å². The van der Waals surface area contributed by atoms with Gasteiger partial charge >= 0.3 is 0 Å². The van der Waals surface area contributed by atoms with E-state index in [2.05, 4.69) is 5.32 Å². The molecule has 2 aromatic carbocycles. The zero-order chi connectivity index (χ0) is 20.2. The van der Waals surface area contributed by atoms with E-state index in [4.69, 9.17) is 0 Å². The fraction of sp³-hybridized carbons (Fsp3) is 0.381. The molecular weight excluding hydrogens is 360 g/mol. The van der Waals surface area contributed by atoms with Crippen LogP contribution in [0, 0.1) is 19.8 Å². The quantitative estimate of drug-likeness (QED) is 0.787. The van der Waals surface area contributed by atoms with Crippen molar-refractivity contribution in [3.63, 3.8) is 0 Å². The van der Waals surface area contributed by atoms with Crippen molar-refractivity contribution in [1.82, 2.24) is 5.32 Å². The number of hydrogen-bond donors (Lipinski definition) is 1. The molecule has 0 aliphatic rings. The Morgan fingerprint density at radius 3 is 2.22 bits per heavy atom. The second-order valence-corrected chi connectivity index (χ2v) is 9.01. The van der Waals surface area contributed by atoms with E-state index in [-0.39, 0.29) is 29.3 Å². The third-order valence-corrected chi connectivity index (χ3v) is 6.63. The molecule has 0 radical (unpaired) electrons. The van der Waals surface area contributed by atoms with Gasteiger partial charge in [0.2, 0.25) is 5.91 Å². The van der Waals surface area contributed by atoms with Crippen LogP contribution in [0.3, 0.4) is 0 Å². The summed E-state index contributed by atoms with van der Waals surface area (Å²) in [5, 5.41) is 2.89. The lowest BCUT2D eigenvalue weighted by molar-refractivity contribution is -0.120. The number of hydrogen-bond acceptors (Lipinski definition) is 3. The molecule has 5 nitrogen and oxygen atoms in total. The maximum atomic E-state index is 13.3. The minimum absolute atomic E-state index is 0.0441. The number of amides is 1. The van der Waals surface area contributed by atoms with Crippen molar-refractivity contribution < 1.29 is 13.2 Å². The molecule has 0 aliphatic heterocycles. The van der Waals surface area contributed by atoms with Crippen molar-refractivity contribution in [2.24, 2.45) is 5.92 Å². The Hall–Kier alpha value is -2.34. The molecule has 0 heterocycles. The Kier molecular flexibility index (Phi) is 6.65. The Labute approximate surface area is 162 Å². The molecule has 0 aromatic heterocycles. The highest BCUT2D eigenvalue weighted by Gasteiger charge is 2.28. The van der Waals surface area contributed by atoms with Crippen LogP contribution in [-0.4, -0.2) is 26.9 Å². The van der Waals surface area contributed by atoms with E-state index in [0.717, 1.165) is 11.1 Å². The van der Waals surface area contributed by atoms with Crippen LogP contribution in [0.25, 0.3) is 0 Å². The Balaban J connectivity index is 2.47. The molecular formula is C21H28N2O3S. The molecule has 27 heavy (non-hydrogen) atoms. The fourth-order valence-electron chi connectivity index (χ4n) is 2.62. The van der Waals surface area contributed by atoms with E-state index in [9.17, 15) is 13.2 Å².